The molecule has 0 heterocycles. The van der Waals surface area contributed by atoms with Crippen LogP contribution in [-0.2, 0) is 9.53 Å². The summed E-state index contributed by atoms with van der Waals surface area (Å²) in [5, 5.41) is 21.9. The van der Waals surface area contributed by atoms with Gasteiger partial charge in [0, 0.05) is 5.41 Å². The van der Waals surface area contributed by atoms with Crippen LogP contribution in [-0.4, -0.2) is 35.5 Å². The summed E-state index contributed by atoms with van der Waals surface area (Å²) in [6, 6.07) is 0. The zero-order valence-corrected chi connectivity index (χ0v) is 23.1. The second-order valence-corrected chi connectivity index (χ2v) is 14.4. The normalized spacial score (nSPS) is 56.1. The molecule has 0 amide bonds. The number of hydrogen-bond donors (Lipinski definition) is 2. The van der Waals surface area contributed by atoms with Crippen LogP contribution in [0.3, 0.4) is 0 Å². The lowest BCUT2D eigenvalue weighted by atomic mass is 9.32. The quantitative estimate of drug-likeness (QED) is 0.371. The molecule has 198 valence electrons. The van der Waals surface area contributed by atoms with Gasteiger partial charge in [-0.2, -0.15) is 0 Å². The number of methoxy groups -OCH3 is 1. The minimum absolute atomic E-state index is 0.0290. The fraction of sp³-hybridized carbons (Fsp3) is 0.903. The lowest BCUT2D eigenvalue weighted by Gasteiger charge is -2.72. The van der Waals surface area contributed by atoms with Crippen molar-refractivity contribution in [3.8, 4) is 0 Å². The van der Waals surface area contributed by atoms with E-state index in [1.165, 1.54) is 12.8 Å². The van der Waals surface area contributed by atoms with Gasteiger partial charge < -0.3 is 14.9 Å². The number of carbonyl (C=O) groups excluding carboxylic acids is 1. The second-order valence-electron chi connectivity index (χ2n) is 14.4. The van der Waals surface area contributed by atoms with Crippen molar-refractivity contribution in [1.29, 1.82) is 0 Å². The molecular formula is C31H50O4. The lowest BCUT2D eigenvalue weighted by Crippen LogP contribution is -2.67. The highest BCUT2D eigenvalue weighted by atomic mass is 16.5. The standard InChI is InChI=1S/C31H50O4/c1-8-27(3)22-12-15-30(6)23(28(22,4)14-13-24(27)33)10-9-21-25-20(19(2)32)11-16-31(25,26(34)35-7)18-17-29(21,30)5/h8,19-25,32-33H,1,9-18H2,2-7H3/t19?,20-,21?,22?,23?,24-,25?,27-,28-,29+,30+,31-/m0/s1. The predicted octanol–water partition coefficient (Wildman–Crippen LogP) is 6.15. The Morgan fingerprint density at radius 2 is 1.66 bits per heavy atom. The third-order valence-corrected chi connectivity index (χ3v) is 13.8. The molecule has 0 aromatic heterocycles. The summed E-state index contributed by atoms with van der Waals surface area (Å²) in [5.41, 5.74) is -0.105. The van der Waals surface area contributed by atoms with Crippen molar-refractivity contribution in [2.45, 2.75) is 111 Å². The minimum Gasteiger partial charge on any atom is -0.469 e. The summed E-state index contributed by atoms with van der Waals surface area (Å²) in [6.07, 6.45) is 11.7. The first-order chi connectivity index (χ1) is 16.4. The number of esters is 1. The zero-order chi connectivity index (χ0) is 25.6. The molecule has 12 atom stereocenters. The first-order valence-corrected chi connectivity index (χ1v) is 14.4. The molecule has 5 aliphatic rings. The van der Waals surface area contributed by atoms with Crippen LogP contribution >= 0.6 is 0 Å². The molecule has 2 N–H and O–H groups in total. The van der Waals surface area contributed by atoms with E-state index in [9.17, 15) is 15.0 Å². The molecule has 0 aliphatic heterocycles. The summed E-state index contributed by atoms with van der Waals surface area (Å²) in [6.45, 7) is 16.1. The molecule has 0 aromatic carbocycles. The maximum Gasteiger partial charge on any atom is 0.312 e. The molecule has 5 unspecified atom stereocenters. The number of hydrogen-bond acceptors (Lipinski definition) is 4. The van der Waals surface area contributed by atoms with Crippen molar-refractivity contribution in [3.05, 3.63) is 12.7 Å². The fourth-order valence-electron chi connectivity index (χ4n) is 11.7. The van der Waals surface area contributed by atoms with Gasteiger partial charge in [0.15, 0.2) is 0 Å². The van der Waals surface area contributed by atoms with Crippen molar-refractivity contribution in [2.24, 2.45) is 56.7 Å². The molecule has 4 heteroatoms. The van der Waals surface area contributed by atoms with E-state index in [1.54, 1.807) is 7.11 Å². The van der Waals surface area contributed by atoms with Crippen LogP contribution in [0, 0.1) is 56.7 Å². The Hall–Kier alpha value is -0.870. The Labute approximate surface area is 213 Å². The third-order valence-electron chi connectivity index (χ3n) is 13.8. The highest BCUT2D eigenvalue weighted by Crippen LogP contribution is 2.77. The van der Waals surface area contributed by atoms with Crippen LogP contribution in [0.25, 0.3) is 0 Å². The van der Waals surface area contributed by atoms with Gasteiger partial charge in [-0.1, -0.05) is 33.8 Å². The van der Waals surface area contributed by atoms with Crippen molar-refractivity contribution in [3.63, 3.8) is 0 Å². The van der Waals surface area contributed by atoms with Crippen molar-refractivity contribution >= 4 is 5.97 Å². The molecule has 0 saturated heterocycles. The summed E-state index contributed by atoms with van der Waals surface area (Å²) >= 11 is 0. The van der Waals surface area contributed by atoms with Crippen molar-refractivity contribution < 1.29 is 19.7 Å². The van der Waals surface area contributed by atoms with E-state index in [0.29, 0.717) is 17.8 Å². The molecule has 0 bridgehead atoms. The molecule has 5 aliphatic carbocycles. The number of fused-ring (bicyclic) bond motifs is 7. The van der Waals surface area contributed by atoms with Crippen LogP contribution in [0.5, 0.6) is 0 Å². The number of carbonyl (C=O) groups is 1. The Morgan fingerprint density at radius 3 is 2.29 bits per heavy atom. The molecule has 4 nitrogen and oxygen atoms in total. The van der Waals surface area contributed by atoms with E-state index in [-0.39, 0.29) is 51.7 Å². The van der Waals surface area contributed by atoms with E-state index in [2.05, 4.69) is 40.3 Å². The molecule has 5 fully saturated rings. The van der Waals surface area contributed by atoms with Gasteiger partial charge in [0.2, 0.25) is 0 Å². The van der Waals surface area contributed by atoms with E-state index >= 15 is 0 Å². The van der Waals surface area contributed by atoms with Gasteiger partial charge in [-0.3, -0.25) is 4.79 Å². The SMILES string of the molecule is C=C[C@@]1(C)C2CC[C@]3(C)C(CCC4C5[C@H](C(C)O)CC[C@]5(C(=O)OC)CC[C@]43C)[C@@]2(C)CC[C@@H]1O. The van der Waals surface area contributed by atoms with Gasteiger partial charge in [-0.05, 0) is 117 Å². The van der Waals surface area contributed by atoms with Gasteiger partial charge in [0.25, 0.3) is 0 Å². The predicted molar refractivity (Wildman–Crippen MR) is 138 cm³/mol. The molecule has 5 rings (SSSR count). The van der Waals surface area contributed by atoms with Crippen LogP contribution in [0.4, 0.5) is 0 Å². The highest BCUT2D eigenvalue weighted by Gasteiger charge is 2.72. The molecule has 5 saturated carbocycles. The van der Waals surface area contributed by atoms with Crippen LogP contribution in [0.2, 0.25) is 0 Å². The Kier molecular flexibility index (Phi) is 5.94. The maximum atomic E-state index is 13.3. The zero-order valence-electron chi connectivity index (χ0n) is 23.1. The van der Waals surface area contributed by atoms with E-state index in [1.807, 2.05) is 6.92 Å². The summed E-state index contributed by atoms with van der Waals surface area (Å²) in [4.78, 5) is 13.3. The highest BCUT2D eigenvalue weighted by molar-refractivity contribution is 5.78. The summed E-state index contributed by atoms with van der Waals surface area (Å²) in [5.74, 6) is 1.88. The third kappa shape index (κ3) is 3.02. The number of aliphatic hydroxyl groups excluding tert-OH is 2. The van der Waals surface area contributed by atoms with E-state index < -0.39 is 5.41 Å². The first-order valence-electron chi connectivity index (χ1n) is 14.4. The average molecular weight is 487 g/mol. The van der Waals surface area contributed by atoms with Gasteiger partial charge in [0.1, 0.15) is 0 Å². The molecule has 0 spiro atoms. The van der Waals surface area contributed by atoms with Crippen LogP contribution in [0.1, 0.15) is 98.8 Å². The van der Waals surface area contributed by atoms with E-state index in [4.69, 9.17) is 4.74 Å². The topological polar surface area (TPSA) is 66.8 Å². The van der Waals surface area contributed by atoms with Gasteiger partial charge in [-0.15, -0.1) is 6.58 Å². The molecule has 0 radical (unpaired) electrons. The molecular weight excluding hydrogens is 436 g/mol. The number of aliphatic hydroxyl groups is 2. The monoisotopic (exact) mass is 486 g/mol. The van der Waals surface area contributed by atoms with Crippen LogP contribution < -0.4 is 0 Å². The Bertz CT molecular complexity index is 883. The second kappa shape index (κ2) is 8.06. The van der Waals surface area contributed by atoms with Gasteiger partial charge in [-0.25, -0.2) is 0 Å². The summed E-state index contributed by atoms with van der Waals surface area (Å²) in [7, 11) is 1.55. The number of ether oxygens (including phenoxy) is 1. The average Bonchev–Trinajstić information content (AvgIpc) is 3.23. The largest absolute Gasteiger partial charge is 0.469 e. The lowest BCUT2D eigenvalue weighted by molar-refractivity contribution is -0.247. The molecule has 35 heavy (non-hydrogen) atoms. The molecule has 0 aromatic rings. The Morgan fingerprint density at radius 1 is 0.943 bits per heavy atom. The summed E-state index contributed by atoms with van der Waals surface area (Å²) < 4.78 is 5.45. The van der Waals surface area contributed by atoms with Gasteiger partial charge >= 0.3 is 5.97 Å². The van der Waals surface area contributed by atoms with E-state index in [0.717, 1.165) is 51.4 Å². The smallest absolute Gasteiger partial charge is 0.312 e. The first kappa shape index (κ1) is 25.8. The van der Waals surface area contributed by atoms with Crippen molar-refractivity contribution in [2.75, 3.05) is 7.11 Å². The Balaban J connectivity index is 1.56. The van der Waals surface area contributed by atoms with Crippen molar-refractivity contribution in [1.82, 2.24) is 0 Å². The minimum atomic E-state index is -0.415. The van der Waals surface area contributed by atoms with Crippen LogP contribution in [0.15, 0.2) is 12.7 Å². The van der Waals surface area contributed by atoms with Gasteiger partial charge in [0.05, 0.1) is 24.7 Å². The number of rotatable bonds is 3. The fourth-order valence-corrected chi connectivity index (χ4v) is 11.7. The maximum absolute atomic E-state index is 13.3.